The highest BCUT2D eigenvalue weighted by Gasteiger charge is 2.57. The average Bonchev–Trinajstić information content (AvgIpc) is 3.24. The second-order valence-electron chi connectivity index (χ2n) is 8.39. The van der Waals surface area contributed by atoms with E-state index in [1.807, 2.05) is 0 Å². The molecule has 126 valence electrons. The first-order chi connectivity index (χ1) is 10.7. The van der Waals surface area contributed by atoms with Gasteiger partial charge in [0.1, 0.15) is 0 Å². The highest BCUT2D eigenvalue weighted by atomic mass is 15.2. The lowest BCUT2D eigenvalue weighted by atomic mass is 9.64. The van der Waals surface area contributed by atoms with Gasteiger partial charge in [-0.1, -0.05) is 0 Å². The molecule has 5 atom stereocenters. The van der Waals surface area contributed by atoms with Gasteiger partial charge in [0.25, 0.3) is 0 Å². The van der Waals surface area contributed by atoms with Gasteiger partial charge in [0.15, 0.2) is 0 Å². The van der Waals surface area contributed by atoms with Crippen LogP contribution in [0.2, 0.25) is 0 Å². The quantitative estimate of drug-likeness (QED) is 0.814. The minimum absolute atomic E-state index is 0.380. The van der Waals surface area contributed by atoms with E-state index in [9.17, 15) is 0 Å². The molecular formula is C18H34N4. The Balaban J connectivity index is 1.66. The van der Waals surface area contributed by atoms with Crippen molar-refractivity contribution in [2.24, 2.45) is 17.8 Å². The Morgan fingerprint density at radius 3 is 2.55 bits per heavy atom. The average molecular weight is 306 g/mol. The second kappa shape index (κ2) is 6.04. The molecule has 4 aliphatic heterocycles. The van der Waals surface area contributed by atoms with E-state index in [-0.39, 0.29) is 0 Å². The van der Waals surface area contributed by atoms with Gasteiger partial charge in [0, 0.05) is 18.1 Å². The van der Waals surface area contributed by atoms with Crippen molar-refractivity contribution in [1.29, 1.82) is 0 Å². The molecule has 0 spiro atoms. The molecular weight excluding hydrogens is 272 g/mol. The zero-order valence-electron chi connectivity index (χ0n) is 14.5. The summed E-state index contributed by atoms with van der Waals surface area (Å²) >= 11 is 0. The first-order valence-electron chi connectivity index (χ1n) is 9.56. The van der Waals surface area contributed by atoms with Crippen LogP contribution in [-0.2, 0) is 0 Å². The molecule has 5 unspecified atom stereocenters. The minimum Gasteiger partial charge on any atom is -0.316 e. The highest BCUT2D eigenvalue weighted by Crippen LogP contribution is 2.48. The van der Waals surface area contributed by atoms with Crippen LogP contribution in [-0.4, -0.2) is 74.7 Å². The zero-order valence-corrected chi connectivity index (χ0v) is 14.5. The van der Waals surface area contributed by atoms with Crippen molar-refractivity contribution in [3.8, 4) is 0 Å². The van der Waals surface area contributed by atoms with Gasteiger partial charge in [0.2, 0.25) is 0 Å². The van der Waals surface area contributed by atoms with Crippen molar-refractivity contribution in [3.63, 3.8) is 0 Å². The molecule has 0 aromatic carbocycles. The van der Waals surface area contributed by atoms with Gasteiger partial charge >= 0.3 is 0 Å². The largest absolute Gasteiger partial charge is 0.316 e. The van der Waals surface area contributed by atoms with E-state index in [1.54, 1.807) is 0 Å². The van der Waals surface area contributed by atoms with Crippen molar-refractivity contribution in [3.05, 3.63) is 0 Å². The van der Waals surface area contributed by atoms with Crippen LogP contribution < -0.4 is 10.6 Å². The lowest BCUT2D eigenvalue weighted by molar-refractivity contribution is 0.0517. The molecule has 0 aromatic heterocycles. The Morgan fingerprint density at radius 1 is 1.00 bits per heavy atom. The molecule has 4 heteroatoms. The minimum atomic E-state index is 0.380. The van der Waals surface area contributed by atoms with Crippen molar-refractivity contribution in [2.75, 3.05) is 53.4 Å². The predicted molar refractivity (Wildman–Crippen MR) is 91.1 cm³/mol. The maximum absolute atomic E-state index is 4.13. The van der Waals surface area contributed by atoms with Crippen molar-refractivity contribution >= 4 is 0 Å². The third kappa shape index (κ3) is 2.34. The summed E-state index contributed by atoms with van der Waals surface area (Å²) in [5.74, 6) is 2.62. The lowest BCUT2D eigenvalue weighted by Gasteiger charge is -2.49. The maximum atomic E-state index is 4.13. The Hall–Kier alpha value is -0.160. The number of rotatable bonds is 3. The third-order valence-corrected chi connectivity index (χ3v) is 7.30. The summed E-state index contributed by atoms with van der Waals surface area (Å²) < 4.78 is 0. The normalized spacial score (nSPS) is 47.7. The Morgan fingerprint density at radius 2 is 1.91 bits per heavy atom. The summed E-state index contributed by atoms with van der Waals surface area (Å²) in [5, 5.41) is 7.79. The summed E-state index contributed by atoms with van der Waals surface area (Å²) in [4.78, 5) is 5.24. The van der Waals surface area contributed by atoms with Crippen LogP contribution in [0.4, 0.5) is 0 Å². The molecule has 0 aliphatic carbocycles. The molecule has 0 amide bonds. The summed E-state index contributed by atoms with van der Waals surface area (Å²) in [6.07, 6.45) is 6.98. The number of likely N-dealkylation sites (tertiary alicyclic amines) is 2. The van der Waals surface area contributed by atoms with Crippen molar-refractivity contribution < 1.29 is 0 Å². The summed E-state index contributed by atoms with van der Waals surface area (Å²) in [6, 6.07) is 0.760. The maximum Gasteiger partial charge on any atom is 0.0410 e. The van der Waals surface area contributed by atoms with Crippen molar-refractivity contribution in [1.82, 2.24) is 20.4 Å². The first-order valence-corrected chi connectivity index (χ1v) is 9.56. The monoisotopic (exact) mass is 306 g/mol. The van der Waals surface area contributed by atoms with Gasteiger partial charge in [-0.2, -0.15) is 0 Å². The lowest BCUT2D eigenvalue weighted by Crippen LogP contribution is -2.64. The number of likely N-dealkylation sites (N-methyl/N-ethyl adjacent to an activating group) is 1. The molecule has 0 aromatic rings. The van der Waals surface area contributed by atoms with Gasteiger partial charge in [-0.15, -0.1) is 0 Å². The fourth-order valence-electron chi connectivity index (χ4n) is 6.40. The van der Waals surface area contributed by atoms with Crippen LogP contribution in [0.15, 0.2) is 0 Å². The molecule has 0 bridgehead atoms. The standard InChI is InChI=1S/C18H34N4/c1-21-11-7-14(13-21)16-6-9-20-18(16,15-5-8-19-12-15)17-4-3-10-22(17)2/h14-17,19-20H,3-13H2,1-2H3. The van der Waals surface area contributed by atoms with Gasteiger partial charge in [-0.25, -0.2) is 0 Å². The third-order valence-electron chi connectivity index (χ3n) is 7.30. The van der Waals surface area contributed by atoms with Gasteiger partial charge in [0.05, 0.1) is 0 Å². The number of nitrogens with zero attached hydrogens (tertiary/aromatic N) is 2. The number of hydrogen-bond acceptors (Lipinski definition) is 4. The summed E-state index contributed by atoms with van der Waals surface area (Å²) in [7, 11) is 4.68. The summed E-state index contributed by atoms with van der Waals surface area (Å²) in [5.41, 5.74) is 0.380. The highest BCUT2D eigenvalue weighted by molar-refractivity contribution is 5.15. The first kappa shape index (κ1) is 15.4. The molecule has 4 aliphatic rings. The Kier molecular flexibility index (Phi) is 4.22. The molecule has 4 rings (SSSR count). The zero-order chi connectivity index (χ0) is 15.2. The second-order valence-corrected chi connectivity index (χ2v) is 8.39. The van der Waals surface area contributed by atoms with E-state index < -0.39 is 0 Å². The Bertz CT molecular complexity index is 395. The van der Waals surface area contributed by atoms with E-state index >= 15 is 0 Å². The molecule has 4 heterocycles. The van der Waals surface area contributed by atoms with Gasteiger partial charge in [-0.3, -0.25) is 0 Å². The van der Waals surface area contributed by atoms with E-state index in [1.165, 1.54) is 71.4 Å². The van der Waals surface area contributed by atoms with Crippen LogP contribution >= 0.6 is 0 Å². The van der Waals surface area contributed by atoms with E-state index in [4.69, 9.17) is 0 Å². The van der Waals surface area contributed by atoms with Crippen molar-refractivity contribution in [2.45, 2.75) is 43.7 Å². The molecule has 0 radical (unpaired) electrons. The van der Waals surface area contributed by atoms with Crippen LogP contribution in [0.25, 0.3) is 0 Å². The fraction of sp³-hybridized carbons (Fsp3) is 1.00. The van der Waals surface area contributed by atoms with Gasteiger partial charge < -0.3 is 20.4 Å². The van der Waals surface area contributed by atoms with Crippen LogP contribution in [0.5, 0.6) is 0 Å². The molecule has 4 fully saturated rings. The van der Waals surface area contributed by atoms with Crippen LogP contribution in [0.3, 0.4) is 0 Å². The molecule has 2 N–H and O–H groups in total. The van der Waals surface area contributed by atoms with E-state index in [0.29, 0.717) is 5.54 Å². The van der Waals surface area contributed by atoms with Crippen LogP contribution in [0, 0.1) is 17.8 Å². The number of nitrogens with one attached hydrogen (secondary N) is 2. The molecule has 4 saturated heterocycles. The topological polar surface area (TPSA) is 30.5 Å². The van der Waals surface area contributed by atoms with Crippen LogP contribution in [0.1, 0.15) is 32.1 Å². The molecule has 4 nitrogen and oxygen atoms in total. The summed E-state index contributed by atoms with van der Waals surface area (Å²) in [6.45, 7) is 7.63. The van der Waals surface area contributed by atoms with E-state index in [2.05, 4.69) is 34.5 Å². The van der Waals surface area contributed by atoms with E-state index in [0.717, 1.165) is 23.8 Å². The predicted octanol–water partition coefficient (Wildman–Crippen LogP) is 0.990. The molecule has 22 heavy (non-hydrogen) atoms. The smallest absolute Gasteiger partial charge is 0.0410 e. The molecule has 0 saturated carbocycles. The Labute approximate surface area is 136 Å². The number of hydrogen-bond donors (Lipinski definition) is 2. The van der Waals surface area contributed by atoms with Gasteiger partial charge in [-0.05, 0) is 96.7 Å². The fourth-order valence-corrected chi connectivity index (χ4v) is 6.40. The SMILES string of the molecule is CN1CCC(C2CCNC2(C2CCNC2)C2CCCN2C)C1.